The van der Waals surface area contributed by atoms with Crippen molar-refractivity contribution < 1.29 is 0 Å². The molecule has 0 amide bonds. The van der Waals surface area contributed by atoms with Gasteiger partial charge in [0.25, 0.3) is 0 Å². The highest BCUT2D eigenvalue weighted by atomic mass is 35.5. The van der Waals surface area contributed by atoms with E-state index in [0.717, 1.165) is 13.1 Å². The first-order chi connectivity index (χ1) is 6.09. The standard InChI is InChI=1S/C10H19ClN2/c1-8(2)13-5-4-10(7-13)12-6-9(3)11/h8,10,12H,3-7H2,1-2H3. The summed E-state index contributed by atoms with van der Waals surface area (Å²) in [5.41, 5.74) is 0. The summed E-state index contributed by atoms with van der Waals surface area (Å²) < 4.78 is 0. The molecule has 1 aliphatic heterocycles. The molecule has 1 heterocycles. The molecule has 0 bridgehead atoms. The summed E-state index contributed by atoms with van der Waals surface area (Å²) in [7, 11) is 0. The van der Waals surface area contributed by atoms with Crippen molar-refractivity contribution in [2.45, 2.75) is 32.4 Å². The average Bonchev–Trinajstić information content (AvgIpc) is 2.48. The highest BCUT2D eigenvalue weighted by Crippen LogP contribution is 2.12. The van der Waals surface area contributed by atoms with Crippen LogP contribution in [0.3, 0.4) is 0 Å². The van der Waals surface area contributed by atoms with Crippen molar-refractivity contribution in [3.8, 4) is 0 Å². The van der Waals surface area contributed by atoms with E-state index in [1.807, 2.05) is 0 Å². The van der Waals surface area contributed by atoms with Gasteiger partial charge in [-0.2, -0.15) is 0 Å². The van der Waals surface area contributed by atoms with E-state index in [1.54, 1.807) is 0 Å². The summed E-state index contributed by atoms with van der Waals surface area (Å²) in [4.78, 5) is 2.48. The maximum absolute atomic E-state index is 5.68. The van der Waals surface area contributed by atoms with Gasteiger partial charge in [0, 0.05) is 30.2 Å². The molecule has 1 saturated heterocycles. The Morgan fingerprint density at radius 3 is 2.85 bits per heavy atom. The van der Waals surface area contributed by atoms with Crippen LogP contribution in [0.25, 0.3) is 0 Å². The van der Waals surface area contributed by atoms with Gasteiger partial charge in [-0.3, -0.25) is 4.90 Å². The van der Waals surface area contributed by atoms with E-state index in [4.69, 9.17) is 11.6 Å². The van der Waals surface area contributed by atoms with Crippen LogP contribution in [0.5, 0.6) is 0 Å². The summed E-state index contributed by atoms with van der Waals surface area (Å²) in [5, 5.41) is 4.09. The zero-order valence-corrected chi connectivity index (χ0v) is 9.27. The molecule has 2 nitrogen and oxygen atoms in total. The molecule has 0 aliphatic carbocycles. The smallest absolute Gasteiger partial charge is 0.0310 e. The summed E-state index contributed by atoms with van der Waals surface area (Å²) in [6.45, 7) is 11.2. The molecule has 3 heteroatoms. The van der Waals surface area contributed by atoms with E-state index < -0.39 is 0 Å². The fraction of sp³-hybridized carbons (Fsp3) is 0.800. The van der Waals surface area contributed by atoms with Crippen LogP contribution in [-0.4, -0.2) is 36.6 Å². The number of hydrogen-bond donors (Lipinski definition) is 1. The summed E-state index contributed by atoms with van der Waals surface area (Å²) in [6, 6.07) is 1.25. The van der Waals surface area contributed by atoms with Gasteiger partial charge in [0.05, 0.1) is 0 Å². The van der Waals surface area contributed by atoms with Gasteiger partial charge in [-0.15, -0.1) is 0 Å². The molecule has 0 aromatic carbocycles. The van der Waals surface area contributed by atoms with Crippen LogP contribution >= 0.6 is 11.6 Å². The number of hydrogen-bond acceptors (Lipinski definition) is 2. The minimum Gasteiger partial charge on any atom is -0.308 e. The van der Waals surface area contributed by atoms with Crippen LogP contribution in [0.15, 0.2) is 11.6 Å². The topological polar surface area (TPSA) is 15.3 Å². The molecule has 0 saturated carbocycles. The third-order valence-corrected chi connectivity index (χ3v) is 2.67. The molecule has 0 spiro atoms. The molecule has 1 aliphatic rings. The number of nitrogens with zero attached hydrogens (tertiary/aromatic N) is 1. The molecule has 1 unspecified atom stereocenters. The Morgan fingerprint density at radius 2 is 2.38 bits per heavy atom. The zero-order valence-electron chi connectivity index (χ0n) is 8.52. The number of likely N-dealkylation sites (tertiary alicyclic amines) is 1. The Hall–Kier alpha value is -0.0500. The van der Waals surface area contributed by atoms with Gasteiger partial charge in [-0.25, -0.2) is 0 Å². The lowest BCUT2D eigenvalue weighted by atomic mass is 10.2. The van der Waals surface area contributed by atoms with Gasteiger partial charge in [-0.1, -0.05) is 18.2 Å². The molecular formula is C10H19ClN2. The fourth-order valence-corrected chi connectivity index (χ4v) is 1.76. The van der Waals surface area contributed by atoms with Gasteiger partial charge in [-0.05, 0) is 26.8 Å². The van der Waals surface area contributed by atoms with Crippen molar-refractivity contribution in [3.63, 3.8) is 0 Å². The Morgan fingerprint density at radius 1 is 1.69 bits per heavy atom. The first kappa shape index (κ1) is 11.0. The number of nitrogens with one attached hydrogen (secondary N) is 1. The van der Waals surface area contributed by atoms with Crippen molar-refractivity contribution in [1.82, 2.24) is 10.2 Å². The van der Waals surface area contributed by atoms with E-state index in [0.29, 0.717) is 17.1 Å². The first-order valence-electron chi connectivity index (χ1n) is 4.90. The van der Waals surface area contributed by atoms with Crippen molar-refractivity contribution in [2.24, 2.45) is 0 Å². The quantitative estimate of drug-likeness (QED) is 0.748. The van der Waals surface area contributed by atoms with Crippen LogP contribution in [0.1, 0.15) is 20.3 Å². The van der Waals surface area contributed by atoms with E-state index >= 15 is 0 Å². The zero-order chi connectivity index (χ0) is 9.84. The molecule has 0 aromatic rings. The predicted molar refractivity (Wildman–Crippen MR) is 58.1 cm³/mol. The van der Waals surface area contributed by atoms with E-state index in [1.165, 1.54) is 13.0 Å². The predicted octanol–water partition coefficient (Wildman–Crippen LogP) is 1.81. The van der Waals surface area contributed by atoms with Crippen LogP contribution in [0.2, 0.25) is 0 Å². The summed E-state index contributed by atoms with van der Waals surface area (Å²) in [5.74, 6) is 0. The minimum absolute atomic E-state index is 0.595. The molecule has 0 aromatic heterocycles. The van der Waals surface area contributed by atoms with Gasteiger partial charge >= 0.3 is 0 Å². The highest BCUT2D eigenvalue weighted by molar-refractivity contribution is 6.29. The maximum atomic E-state index is 5.68. The molecule has 1 fully saturated rings. The molecule has 1 N–H and O–H groups in total. The van der Waals surface area contributed by atoms with Gasteiger partial charge in [0.2, 0.25) is 0 Å². The highest BCUT2D eigenvalue weighted by Gasteiger charge is 2.23. The second-order valence-electron chi connectivity index (χ2n) is 3.97. The molecule has 1 atom stereocenters. The van der Waals surface area contributed by atoms with Gasteiger partial charge in [0.1, 0.15) is 0 Å². The summed E-state index contributed by atoms with van der Waals surface area (Å²) >= 11 is 5.68. The normalized spacial score (nSPS) is 24.2. The first-order valence-corrected chi connectivity index (χ1v) is 5.28. The molecule has 0 radical (unpaired) electrons. The van der Waals surface area contributed by atoms with E-state index in [-0.39, 0.29) is 0 Å². The number of rotatable bonds is 4. The average molecular weight is 203 g/mol. The number of halogens is 1. The van der Waals surface area contributed by atoms with Crippen LogP contribution in [0, 0.1) is 0 Å². The Labute approximate surface area is 85.9 Å². The van der Waals surface area contributed by atoms with Crippen LogP contribution < -0.4 is 5.32 Å². The Balaban J connectivity index is 2.21. The molecule has 13 heavy (non-hydrogen) atoms. The third-order valence-electron chi connectivity index (χ3n) is 2.53. The third kappa shape index (κ3) is 3.67. The lowest BCUT2D eigenvalue weighted by Crippen LogP contribution is -2.35. The van der Waals surface area contributed by atoms with Crippen molar-refractivity contribution >= 4 is 11.6 Å². The van der Waals surface area contributed by atoms with E-state index in [2.05, 4.69) is 30.6 Å². The summed E-state index contributed by atoms with van der Waals surface area (Å²) in [6.07, 6.45) is 1.22. The molecule has 1 rings (SSSR count). The fourth-order valence-electron chi connectivity index (χ4n) is 1.68. The SMILES string of the molecule is C=C(Cl)CNC1CCN(C(C)C)C1. The Kier molecular flexibility index (Phi) is 4.23. The van der Waals surface area contributed by atoms with Crippen molar-refractivity contribution in [3.05, 3.63) is 11.6 Å². The van der Waals surface area contributed by atoms with Crippen LogP contribution in [0.4, 0.5) is 0 Å². The minimum atomic E-state index is 0.595. The second kappa shape index (κ2) is 4.99. The largest absolute Gasteiger partial charge is 0.308 e. The van der Waals surface area contributed by atoms with Crippen molar-refractivity contribution in [1.29, 1.82) is 0 Å². The second-order valence-corrected chi connectivity index (χ2v) is 4.51. The van der Waals surface area contributed by atoms with Gasteiger partial charge < -0.3 is 5.32 Å². The lowest BCUT2D eigenvalue weighted by molar-refractivity contribution is 0.269. The lowest BCUT2D eigenvalue weighted by Gasteiger charge is -2.20. The molecular weight excluding hydrogens is 184 g/mol. The van der Waals surface area contributed by atoms with Crippen LogP contribution in [-0.2, 0) is 0 Å². The van der Waals surface area contributed by atoms with Crippen molar-refractivity contribution in [2.75, 3.05) is 19.6 Å². The van der Waals surface area contributed by atoms with E-state index in [9.17, 15) is 0 Å². The monoisotopic (exact) mass is 202 g/mol. The maximum Gasteiger partial charge on any atom is 0.0310 e. The van der Waals surface area contributed by atoms with Gasteiger partial charge in [0.15, 0.2) is 0 Å². The molecule has 76 valence electrons. The Bertz CT molecular complexity index is 180.